The van der Waals surface area contributed by atoms with Gasteiger partial charge >= 0.3 is 6.18 Å². The van der Waals surface area contributed by atoms with Gasteiger partial charge < -0.3 is 0 Å². The van der Waals surface area contributed by atoms with E-state index in [0.29, 0.717) is 5.92 Å². The maximum absolute atomic E-state index is 13.0. The molecule has 102 valence electrons. The van der Waals surface area contributed by atoms with Gasteiger partial charge in [0.2, 0.25) is 5.62 Å². The fraction of sp³-hybridized carbons (Fsp3) is 0.455. The van der Waals surface area contributed by atoms with Crippen molar-refractivity contribution in [2.24, 2.45) is 4.99 Å². The van der Waals surface area contributed by atoms with Crippen LogP contribution in [0.4, 0.5) is 19.0 Å². The lowest BCUT2D eigenvalue weighted by Crippen LogP contribution is -2.38. The molecule has 0 bridgehead atoms. The number of nitrogens with one attached hydrogen (secondary N) is 1. The minimum Gasteiger partial charge on any atom is -0.284 e. The number of nitrogens with zero attached hydrogens (tertiary/aromatic N) is 3. The van der Waals surface area contributed by atoms with Crippen molar-refractivity contribution < 1.29 is 13.2 Å². The van der Waals surface area contributed by atoms with Gasteiger partial charge in [-0.2, -0.15) is 18.3 Å². The first-order valence-corrected chi connectivity index (χ1v) is 6.20. The van der Waals surface area contributed by atoms with Crippen molar-refractivity contribution in [2.75, 3.05) is 4.90 Å². The first-order chi connectivity index (χ1) is 8.97. The van der Waals surface area contributed by atoms with Crippen LogP contribution in [0.5, 0.6) is 0 Å². The SMILES string of the molecule is FC(F)(F)C1=CC=NC(Cl)N1c1cc(C2CC2)[nH]n1. The molecular weight excluding hydrogens is 281 g/mol. The Morgan fingerprint density at radius 1 is 1.37 bits per heavy atom. The van der Waals surface area contributed by atoms with Crippen LogP contribution in [0.1, 0.15) is 24.5 Å². The summed E-state index contributed by atoms with van der Waals surface area (Å²) < 4.78 is 38.9. The van der Waals surface area contributed by atoms with Gasteiger partial charge in [0, 0.05) is 23.9 Å². The van der Waals surface area contributed by atoms with Gasteiger partial charge in [0.1, 0.15) is 5.70 Å². The van der Waals surface area contributed by atoms with Crippen LogP contribution in [0.15, 0.2) is 22.8 Å². The van der Waals surface area contributed by atoms with Gasteiger partial charge in [0.25, 0.3) is 0 Å². The van der Waals surface area contributed by atoms with Crippen LogP contribution in [0.2, 0.25) is 0 Å². The summed E-state index contributed by atoms with van der Waals surface area (Å²) in [7, 11) is 0. The normalized spacial score (nSPS) is 23.7. The highest BCUT2D eigenvalue weighted by Crippen LogP contribution is 2.41. The summed E-state index contributed by atoms with van der Waals surface area (Å²) in [5, 5.41) is 6.68. The lowest BCUT2D eigenvalue weighted by atomic mass is 10.2. The van der Waals surface area contributed by atoms with Gasteiger partial charge in [0.15, 0.2) is 5.82 Å². The number of hydrogen-bond donors (Lipinski definition) is 1. The minimum atomic E-state index is -4.50. The first kappa shape index (κ1) is 12.5. The number of halogens is 4. The molecule has 2 aliphatic rings. The summed E-state index contributed by atoms with van der Waals surface area (Å²) in [4.78, 5) is 4.64. The molecule has 1 N–H and O–H groups in total. The highest BCUT2D eigenvalue weighted by atomic mass is 35.5. The third kappa shape index (κ3) is 2.34. The molecular formula is C11H10ClF3N4. The number of aromatic amines is 1. The Hall–Kier alpha value is -1.50. The highest BCUT2D eigenvalue weighted by Gasteiger charge is 2.42. The smallest absolute Gasteiger partial charge is 0.284 e. The number of H-pyrrole nitrogens is 1. The van der Waals surface area contributed by atoms with Crippen LogP contribution < -0.4 is 4.90 Å². The van der Waals surface area contributed by atoms with Crippen molar-refractivity contribution in [3.05, 3.63) is 23.5 Å². The zero-order valence-electron chi connectivity index (χ0n) is 9.65. The van der Waals surface area contributed by atoms with E-state index in [1.807, 2.05) is 0 Å². The zero-order valence-corrected chi connectivity index (χ0v) is 10.4. The van der Waals surface area contributed by atoms with Crippen LogP contribution in [0, 0.1) is 0 Å². The monoisotopic (exact) mass is 290 g/mol. The van der Waals surface area contributed by atoms with Gasteiger partial charge in [-0.25, -0.2) is 0 Å². The van der Waals surface area contributed by atoms with Crippen LogP contribution in [-0.2, 0) is 0 Å². The molecule has 19 heavy (non-hydrogen) atoms. The van der Waals surface area contributed by atoms with E-state index in [1.165, 1.54) is 0 Å². The van der Waals surface area contributed by atoms with E-state index >= 15 is 0 Å². The van der Waals surface area contributed by atoms with E-state index in [9.17, 15) is 13.2 Å². The molecule has 0 spiro atoms. The fourth-order valence-electron chi connectivity index (χ4n) is 1.96. The molecule has 1 aliphatic carbocycles. The number of aromatic nitrogens is 2. The molecule has 1 saturated carbocycles. The maximum atomic E-state index is 13.0. The number of hydrogen-bond acceptors (Lipinski definition) is 3. The molecule has 1 aromatic heterocycles. The van der Waals surface area contributed by atoms with Crippen LogP contribution in [0.3, 0.4) is 0 Å². The van der Waals surface area contributed by atoms with E-state index in [4.69, 9.17) is 11.6 Å². The zero-order chi connectivity index (χ0) is 13.6. The van der Waals surface area contributed by atoms with Gasteiger partial charge in [0.05, 0.1) is 0 Å². The molecule has 8 heteroatoms. The maximum Gasteiger partial charge on any atom is 0.431 e. The molecule has 1 unspecified atom stereocenters. The number of anilines is 1. The number of alkyl halides is 4. The Kier molecular flexibility index (Phi) is 2.81. The van der Waals surface area contributed by atoms with Crippen molar-refractivity contribution >= 4 is 23.6 Å². The molecule has 1 fully saturated rings. The lowest BCUT2D eigenvalue weighted by molar-refractivity contribution is -0.0937. The second kappa shape index (κ2) is 4.26. The molecule has 0 saturated heterocycles. The quantitative estimate of drug-likeness (QED) is 0.672. The Bertz CT molecular complexity index is 544. The van der Waals surface area contributed by atoms with Crippen molar-refractivity contribution in [3.8, 4) is 0 Å². The second-order valence-electron chi connectivity index (χ2n) is 4.48. The molecule has 1 atom stereocenters. The molecule has 1 aliphatic heterocycles. The van der Waals surface area contributed by atoms with Gasteiger partial charge in [-0.05, 0) is 18.9 Å². The van der Waals surface area contributed by atoms with E-state index in [-0.39, 0.29) is 5.82 Å². The summed E-state index contributed by atoms with van der Waals surface area (Å²) in [5.41, 5.74) is -1.16. The topological polar surface area (TPSA) is 44.3 Å². The van der Waals surface area contributed by atoms with E-state index in [1.54, 1.807) is 6.07 Å². The number of allylic oxidation sites excluding steroid dienone is 2. The average Bonchev–Trinajstić information content (AvgIpc) is 3.07. The van der Waals surface area contributed by atoms with E-state index in [2.05, 4.69) is 15.2 Å². The van der Waals surface area contributed by atoms with Gasteiger partial charge in [-0.1, -0.05) is 11.6 Å². The van der Waals surface area contributed by atoms with Gasteiger partial charge in [-0.15, -0.1) is 0 Å². The van der Waals surface area contributed by atoms with E-state index in [0.717, 1.165) is 35.7 Å². The summed E-state index contributed by atoms with van der Waals surface area (Å²) in [5.74, 6) is 0.518. The second-order valence-corrected chi connectivity index (χ2v) is 4.87. The molecule has 1 aromatic rings. The van der Waals surface area contributed by atoms with Crippen LogP contribution >= 0.6 is 11.6 Å². The summed E-state index contributed by atoms with van der Waals surface area (Å²) in [6.45, 7) is 0. The lowest BCUT2D eigenvalue weighted by Gasteiger charge is -2.30. The molecule has 0 radical (unpaired) electrons. The Labute approximate surface area is 112 Å². The number of aliphatic imine (C=N–C) groups is 1. The van der Waals surface area contributed by atoms with E-state index < -0.39 is 17.5 Å². The first-order valence-electron chi connectivity index (χ1n) is 5.76. The van der Waals surface area contributed by atoms with Crippen molar-refractivity contribution in [1.29, 1.82) is 0 Å². The summed E-state index contributed by atoms with van der Waals surface area (Å²) >= 11 is 5.86. The molecule has 0 amide bonds. The molecule has 4 nitrogen and oxygen atoms in total. The van der Waals surface area contributed by atoms with Crippen LogP contribution in [0.25, 0.3) is 0 Å². The molecule has 2 heterocycles. The Morgan fingerprint density at radius 2 is 2.11 bits per heavy atom. The highest BCUT2D eigenvalue weighted by molar-refractivity contribution is 6.22. The third-order valence-electron chi connectivity index (χ3n) is 3.05. The fourth-order valence-corrected chi connectivity index (χ4v) is 2.23. The van der Waals surface area contributed by atoms with Crippen molar-refractivity contribution in [2.45, 2.75) is 30.6 Å². The molecule has 3 rings (SSSR count). The minimum absolute atomic E-state index is 0.141. The van der Waals surface area contributed by atoms with Crippen molar-refractivity contribution in [3.63, 3.8) is 0 Å². The van der Waals surface area contributed by atoms with Crippen molar-refractivity contribution in [1.82, 2.24) is 10.2 Å². The summed E-state index contributed by atoms with van der Waals surface area (Å²) in [6, 6.07) is 1.60. The largest absolute Gasteiger partial charge is 0.431 e. The predicted octanol–water partition coefficient (Wildman–Crippen LogP) is 3.15. The average molecular weight is 291 g/mol. The Balaban J connectivity index is 1.95. The Morgan fingerprint density at radius 3 is 2.74 bits per heavy atom. The molecule has 0 aromatic carbocycles. The van der Waals surface area contributed by atoms with Crippen LogP contribution in [-0.4, -0.2) is 28.2 Å². The summed E-state index contributed by atoms with van der Waals surface area (Å²) in [6.07, 6.45) is -0.480. The standard InChI is InChI=1S/C11H10ClF3N4/c12-10-16-4-3-8(11(13,14)15)19(10)9-5-7(17-18-9)6-1-2-6/h3-6,10H,1-2H2,(H,17,18). The third-order valence-corrected chi connectivity index (χ3v) is 3.36. The predicted molar refractivity (Wildman–Crippen MR) is 65.3 cm³/mol. The van der Waals surface area contributed by atoms with Gasteiger partial charge in [-0.3, -0.25) is 15.0 Å². The number of rotatable bonds is 2.